The van der Waals surface area contributed by atoms with Gasteiger partial charge < -0.3 is 15.0 Å². The zero-order valence-corrected chi connectivity index (χ0v) is 20.9. The van der Waals surface area contributed by atoms with Crippen molar-refractivity contribution in [1.82, 2.24) is 35.0 Å². The second kappa shape index (κ2) is 9.08. The van der Waals surface area contributed by atoms with E-state index >= 15 is 0 Å². The maximum absolute atomic E-state index is 13.3. The van der Waals surface area contributed by atoms with E-state index in [0.29, 0.717) is 30.6 Å². The number of aryl methyl sites for hydroxylation is 2. The third-order valence-corrected chi connectivity index (χ3v) is 7.32. The van der Waals surface area contributed by atoms with Crippen molar-refractivity contribution < 1.29 is 9.90 Å². The average molecular weight is 496 g/mol. The molecule has 0 radical (unpaired) electrons. The van der Waals surface area contributed by atoms with Crippen LogP contribution in [-0.2, 0) is 6.54 Å². The van der Waals surface area contributed by atoms with E-state index in [1.165, 1.54) is 0 Å². The van der Waals surface area contributed by atoms with Gasteiger partial charge in [0.05, 0.1) is 23.2 Å². The zero-order valence-electron chi connectivity index (χ0n) is 20.9. The SMILES string of the molecule is Cc1cc(-c2n[nH]c3ccc(C(=O)N[C@@H]4CCC[C@@](O)(Cn5c(C)nc6ncccc65)C4)cc23)ccn1. The molecule has 37 heavy (non-hydrogen) atoms. The molecule has 188 valence electrons. The Labute approximate surface area is 214 Å². The number of carbonyl (C=O) groups excluding carboxylic acids is 1. The van der Waals surface area contributed by atoms with Crippen molar-refractivity contribution in [2.75, 3.05) is 0 Å². The molecule has 0 unspecified atom stereocenters. The normalized spacial score (nSPS) is 19.9. The molecule has 4 aromatic heterocycles. The highest BCUT2D eigenvalue weighted by molar-refractivity contribution is 6.01. The summed E-state index contributed by atoms with van der Waals surface area (Å²) >= 11 is 0. The third-order valence-electron chi connectivity index (χ3n) is 7.32. The van der Waals surface area contributed by atoms with Crippen molar-refractivity contribution >= 4 is 28.0 Å². The Hall–Kier alpha value is -4.11. The Bertz CT molecular complexity index is 1620. The summed E-state index contributed by atoms with van der Waals surface area (Å²) in [6.07, 6.45) is 6.30. The number of imidazole rings is 1. The van der Waals surface area contributed by atoms with Crippen LogP contribution in [0.4, 0.5) is 0 Å². The number of amides is 1. The molecule has 3 N–H and O–H groups in total. The van der Waals surface area contributed by atoms with Gasteiger partial charge in [0.15, 0.2) is 5.65 Å². The summed E-state index contributed by atoms with van der Waals surface area (Å²) in [7, 11) is 0. The number of aromatic nitrogens is 6. The first-order valence-electron chi connectivity index (χ1n) is 12.6. The molecule has 2 atom stereocenters. The fraction of sp³-hybridized carbons (Fsp3) is 0.321. The summed E-state index contributed by atoms with van der Waals surface area (Å²) in [5, 5.41) is 23.1. The topological polar surface area (TPSA) is 122 Å². The Morgan fingerprint density at radius 3 is 2.95 bits per heavy atom. The molecule has 0 aliphatic heterocycles. The molecule has 1 saturated carbocycles. The lowest BCUT2D eigenvalue weighted by molar-refractivity contribution is -0.0207. The fourth-order valence-electron chi connectivity index (χ4n) is 5.51. The van der Waals surface area contributed by atoms with Crippen molar-refractivity contribution in [2.24, 2.45) is 0 Å². The van der Waals surface area contributed by atoms with Gasteiger partial charge >= 0.3 is 0 Å². The molecular formula is C28H29N7O2. The molecule has 0 saturated heterocycles. The molecule has 1 aliphatic carbocycles. The molecule has 1 amide bonds. The number of benzene rings is 1. The number of carbonyl (C=O) groups is 1. The minimum absolute atomic E-state index is 0.123. The Kier molecular flexibility index (Phi) is 5.72. The number of fused-ring (bicyclic) bond motifs is 2. The lowest BCUT2D eigenvalue weighted by atomic mass is 9.81. The monoisotopic (exact) mass is 495 g/mol. The number of pyridine rings is 2. The minimum atomic E-state index is -0.939. The van der Waals surface area contributed by atoms with Crippen LogP contribution in [0.25, 0.3) is 33.3 Å². The molecule has 4 heterocycles. The molecule has 1 aromatic carbocycles. The van der Waals surface area contributed by atoms with Crippen molar-refractivity contribution in [3.8, 4) is 11.3 Å². The molecule has 5 aromatic rings. The highest BCUT2D eigenvalue weighted by Crippen LogP contribution is 2.32. The highest BCUT2D eigenvalue weighted by atomic mass is 16.3. The van der Waals surface area contributed by atoms with Gasteiger partial charge in [-0.05, 0) is 82.0 Å². The first-order chi connectivity index (χ1) is 17.9. The van der Waals surface area contributed by atoms with Crippen LogP contribution in [0.1, 0.15) is 47.6 Å². The molecule has 6 rings (SSSR count). The van der Waals surface area contributed by atoms with Crippen LogP contribution >= 0.6 is 0 Å². The summed E-state index contributed by atoms with van der Waals surface area (Å²) in [4.78, 5) is 26.4. The first kappa shape index (κ1) is 23.3. The van der Waals surface area contributed by atoms with E-state index < -0.39 is 5.60 Å². The standard InChI is InChI=1S/C28H29N7O2/c1-17-13-19(9-12-29-17)25-22-14-20(7-8-23(22)33-34-25)27(36)32-21-5-3-10-28(37,15-21)16-35-18(2)31-26-24(35)6-4-11-30-26/h4,6-9,11-14,21,37H,3,5,10,15-16H2,1-2H3,(H,32,36)(H,33,34)/t21-,28+/m1/s1. The van der Waals surface area contributed by atoms with Crippen LogP contribution in [-0.4, -0.2) is 52.4 Å². The summed E-state index contributed by atoms with van der Waals surface area (Å²) in [6.45, 7) is 4.29. The van der Waals surface area contributed by atoms with Crippen molar-refractivity contribution in [3.63, 3.8) is 0 Å². The quantitative estimate of drug-likeness (QED) is 0.338. The van der Waals surface area contributed by atoms with Gasteiger partial charge in [-0.1, -0.05) is 0 Å². The number of nitrogens with zero attached hydrogens (tertiary/aromatic N) is 5. The fourth-order valence-corrected chi connectivity index (χ4v) is 5.51. The van der Waals surface area contributed by atoms with Gasteiger partial charge in [-0.15, -0.1) is 0 Å². The minimum Gasteiger partial charge on any atom is -0.388 e. The number of aliphatic hydroxyl groups is 1. The van der Waals surface area contributed by atoms with E-state index in [9.17, 15) is 9.90 Å². The summed E-state index contributed by atoms with van der Waals surface area (Å²) in [5.74, 6) is 0.671. The number of nitrogens with one attached hydrogen (secondary N) is 2. The van der Waals surface area contributed by atoms with Gasteiger partial charge in [0.25, 0.3) is 5.91 Å². The van der Waals surface area contributed by atoms with Crippen LogP contribution in [0.15, 0.2) is 54.9 Å². The van der Waals surface area contributed by atoms with Gasteiger partial charge in [-0.3, -0.25) is 14.9 Å². The maximum atomic E-state index is 13.3. The van der Waals surface area contributed by atoms with Crippen molar-refractivity contribution in [1.29, 1.82) is 0 Å². The molecule has 0 spiro atoms. The molecule has 9 nitrogen and oxygen atoms in total. The van der Waals surface area contributed by atoms with E-state index in [-0.39, 0.29) is 11.9 Å². The Balaban J connectivity index is 1.21. The lowest BCUT2D eigenvalue weighted by Gasteiger charge is -2.37. The van der Waals surface area contributed by atoms with Crippen LogP contribution < -0.4 is 5.32 Å². The average Bonchev–Trinajstić information content (AvgIpc) is 3.44. The second-order valence-corrected chi connectivity index (χ2v) is 10.1. The van der Waals surface area contributed by atoms with Gasteiger partial charge in [0.1, 0.15) is 11.5 Å². The van der Waals surface area contributed by atoms with E-state index in [2.05, 4.69) is 30.5 Å². The smallest absolute Gasteiger partial charge is 0.251 e. The number of hydrogen-bond acceptors (Lipinski definition) is 6. The Morgan fingerprint density at radius 1 is 1.19 bits per heavy atom. The van der Waals surface area contributed by atoms with E-state index in [4.69, 9.17) is 0 Å². The van der Waals surface area contributed by atoms with E-state index in [1.807, 2.05) is 54.8 Å². The number of H-pyrrole nitrogens is 1. The van der Waals surface area contributed by atoms with Gasteiger partial charge in [0.2, 0.25) is 0 Å². The summed E-state index contributed by atoms with van der Waals surface area (Å²) < 4.78 is 2.03. The van der Waals surface area contributed by atoms with E-state index in [0.717, 1.165) is 52.0 Å². The van der Waals surface area contributed by atoms with Gasteiger partial charge in [-0.25, -0.2) is 9.97 Å². The summed E-state index contributed by atoms with van der Waals surface area (Å²) in [6, 6.07) is 13.2. The third kappa shape index (κ3) is 4.46. The molecule has 1 fully saturated rings. The van der Waals surface area contributed by atoms with Gasteiger partial charge in [0, 0.05) is 40.6 Å². The van der Waals surface area contributed by atoms with Crippen molar-refractivity contribution in [2.45, 2.75) is 57.7 Å². The zero-order chi connectivity index (χ0) is 25.6. The van der Waals surface area contributed by atoms with Crippen molar-refractivity contribution in [3.05, 3.63) is 71.9 Å². The highest BCUT2D eigenvalue weighted by Gasteiger charge is 2.36. The van der Waals surface area contributed by atoms with Gasteiger partial charge in [-0.2, -0.15) is 5.10 Å². The summed E-state index contributed by atoms with van der Waals surface area (Å²) in [5.41, 5.74) is 4.73. The van der Waals surface area contributed by atoms with Crippen LogP contribution in [0.2, 0.25) is 0 Å². The largest absolute Gasteiger partial charge is 0.388 e. The molecule has 9 heteroatoms. The maximum Gasteiger partial charge on any atom is 0.251 e. The predicted octanol–water partition coefficient (Wildman–Crippen LogP) is 4.09. The second-order valence-electron chi connectivity index (χ2n) is 10.1. The first-order valence-corrected chi connectivity index (χ1v) is 12.6. The lowest BCUT2D eigenvalue weighted by Crippen LogP contribution is -2.47. The van der Waals surface area contributed by atoms with Crippen LogP contribution in [0.3, 0.4) is 0 Å². The van der Waals surface area contributed by atoms with Crippen LogP contribution in [0.5, 0.6) is 0 Å². The molecular weight excluding hydrogens is 466 g/mol. The molecule has 1 aliphatic rings. The number of hydrogen-bond donors (Lipinski definition) is 3. The van der Waals surface area contributed by atoms with Crippen LogP contribution in [0, 0.1) is 13.8 Å². The predicted molar refractivity (Wildman–Crippen MR) is 141 cm³/mol. The molecule has 0 bridgehead atoms. The van der Waals surface area contributed by atoms with E-state index in [1.54, 1.807) is 18.5 Å². The number of rotatable bonds is 5. The Morgan fingerprint density at radius 2 is 2.08 bits per heavy atom. The number of aromatic amines is 1.